The van der Waals surface area contributed by atoms with E-state index < -0.39 is 0 Å². The lowest BCUT2D eigenvalue weighted by molar-refractivity contribution is 0.148. The smallest absolute Gasteiger partial charge is 0.213 e. The first kappa shape index (κ1) is 18.6. The summed E-state index contributed by atoms with van der Waals surface area (Å²) < 4.78 is 6.02. The van der Waals surface area contributed by atoms with Crippen LogP contribution in [0.3, 0.4) is 0 Å². The summed E-state index contributed by atoms with van der Waals surface area (Å²) in [5.41, 5.74) is 4.94. The van der Waals surface area contributed by atoms with Gasteiger partial charge in [-0.2, -0.15) is 0 Å². The standard InChI is InChI=1S/C22H28ClN3O/c23-20-8-7-17-10-12-24-13-11-19(17)22(20)26-15-16-6-9-21(25-14-16)27-18-4-2-1-3-5-18/h6-9,14,18,24,26H,1-5,10-13,15H2. The first-order valence-electron chi connectivity index (χ1n) is 10.2. The van der Waals surface area contributed by atoms with E-state index in [0.717, 1.165) is 60.9 Å². The Balaban J connectivity index is 1.40. The zero-order valence-electron chi connectivity index (χ0n) is 15.8. The van der Waals surface area contributed by atoms with Crippen molar-refractivity contribution in [3.8, 4) is 5.88 Å². The van der Waals surface area contributed by atoms with E-state index in [-0.39, 0.29) is 0 Å². The maximum atomic E-state index is 6.50. The van der Waals surface area contributed by atoms with Crippen molar-refractivity contribution in [3.63, 3.8) is 0 Å². The van der Waals surface area contributed by atoms with Crippen molar-refractivity contribution in [1.29, 1.82) is 0 Å². The van der Waals surface area contributed by atoms with E-state index in [1.807, 2.05) is 18.3 Å². The molecule has 1 aromatic carbocycles. The largest absolute Gasteiger partial charge is 0.474 e. The Hall–Kier alpha value is -1.78. The summed E-state index contributed by atoms with van der Waals surface area (Å²) in [6.45, 7) is 2.73. The molecule has 2 N–H and O–H groups in total. The fraction of sp³-hybridized carbons (Fsp3) is 0.500. The molecule has 5 heteroatoms. The van der Waals surface area contributed by atoms with Crippen molar-refractivity contribution >= 4 is 17.3 Å². The van der Waals surface area contributed by atoms with Gasteiger partial charge in [0.25, 0.3) is 0 Å². The van der Waals surface area contributed by atoms with Crippen LogP contribution in [-0.4, -0.2) is 24.2 Å². The predicted octanol–water partition coefficient (Wildman–Crippen LogP) is 4.75. The molecule has 1 fully saturated rings. The van der Waals surface area contributed by atoms with Gasteiger partial charge in [-0.3, -0.25) is 0 Å². The van der Waals surface area contributed by atoms with Gasteiger partial charge >= 0.3 is 0 Å². The number of halogens is 1. The zero-order chi connectivity index (χ0) is 18.5. The number of nitrogens with zero attached hydrogens (tertiary/aromatic N) is 1. The van der Waals surface area contributed by atoms with Crippen LogP contribution in [0.5, 0.6) is 5.88 Å². The lowest BCUT2D eigenvalue weighted by Gasteiger charge is -2.22. The molecule has 0 saturated heterocycles. The molecule has 0 bridgehead atoms. The summed E-state index contributed by atoms with van der Waals surface area (Å²) in [5.74, 6) is 0.739. The molecule has 1 saturated carbocycles. The Bertz CT molecular complexity index is 757. The third-order valence-electron chi connectivity index (χ3n) is 5.59. The summed E-state index contributed by atoms with van der Waals surface area (Å²) in [5, 5.41) is 7.80. The second-order valence-corrected chi connectivity index (χ2v) is 7.95. The minimum Gasteiger partial charge on any atom is -0.474 e. The molecule has 1 aliphatic heterocycles. The molecule has 0 radical (unpaired) electrons. The van der Waals surface area contributed by atoms with Gasteiger partial charge < -0.3 is 15.4 Å². The van der Waals surface area contributed by atoms with Gasteiger partial charge in [-0.1, -0.05) is 30.2 Å². The molecule has 0 spiro atoms. The molecule has 2 aliphatic rings. The van der Waals surface area contributed by atoms with Gasteiger partial charge in [0.05, 0.1) is 10.7 Å². The molecule has 4 nitrogen and oxygen atoms in total. The van der Waals surface area contributed by atoms with E-state index >= 15 is 0 Å². The number of fused-ring (bicyclic) bond motifs is 1. The summed E-state index contributed by atoms with van der Waals surface area (Å²) in [7, 11) is 0. The van der Waals surface area contributed by atoms with Crippen LogP contribution in [0, 0.1) is 0 Å². The third-order valence-corrected chi connectivity index (χ3v) is 5.90. The molecule has 144 valence electrons. The summed E-state index contributed by atoms with van der Waals surface area (Å²) in [6, 6.07) is 8.25. The Morgan fingerprint density at radius 3 is 2.74 bits per heavy atom. The topological polar surface area (TPSA) is 46.2 Å². The molecule has 0 amide bonds. The molecule has 27 heavy (non-hydrogen) atoms. The van der Waals surface area contributed by atoms with E-state index in [1.54, 1.807) is 0 Å². The van der Waals surface area contributed by atoms with Crippen molar-refractivity contribution in [2.75, 3.05) is 18.4 Å². The number of nitrogens with one attached hydrogen (secondary N) is 2. The van der Waals surface area contributed by atoms with Crippen molar-refractivity contribution < 1.29 is 4.74 Å². The van der Waals surface area contributed by atoms with Crippen LogP contribution in [0.4, 0.5) is 5.69 Å². The van der Waals surface area contributed by atoms with Crippen LogP contribution in [0.2, 0.25) is 5.02 Å². The maximum absolute atomic E-state index is 6.50. The van der Waals surface area contributed by atoms with E-state index in [1.165, 1.54) is 30.4 Å². The molecule has 2 heterocycles. The van der Waals surface area contributed by atoms with Gasteiger partial charge in [0.1, 0.15) is 6.10 Å². The molecular formula is C22H28ClN3O. The van der Waals surface area contributed by atoms with E-state index in [0.29, 0.717) is 12.6 Å². The van der Waals surface area contributed by atoms with Gasteiger partial charge in [0.2, 0.25) is 5.88 Å². The second-order valence-electron chi connectivity index (χ2n) is 7.55. The molecule has 1 aromatic heterocycles. The van der Waals surface area contributed by atoms with Crippen LogP contribution in [0.15, 0.2) is 30.5 Å². The van der Waals surface area contributed by atoms with Crippen molar-refractivity contribution in [2.24, 2.45) is 0 Å². The van der Waals surface area contributed by atoms with Gasteiger partial charge in [-0.15, -0.1) is 0 Å². The molecule has 0 unspecified atom stereocenters. The molecule has 0 atom stereocenters. The van der Waals surface area contributed by atoms with Gasteiger partial charge in [0, 0.05) is 18.8 Å². The minimum atomic E-state index is 0.336. The number of ether oxygens (including phenoxy) is 1. The number of aromatic nitrogens is 1. The SMILES string of the molecule is Clc1ccc2c(c1NCc1ccc(OC3CCCCC3)nc1)CCNCC2. The first-order chi connectivity index (χ1) is 13.3. The number of hydrogen-bond donors (Lipinski definition) is 2. The third kappa shape index (κ3) is 4.74. The normalized spacial score (nSPS) is 17.8. The fourth-order valence-corrected chi connectivity index (χ4v) is 4.31. The zero-order valence-corrected chi connectivity index (χ0v) is 16.5. The van der Waals surface area contributed by atoms with E-state index in [2.05, 4.69) is 27.8 Å². The summed E-state index contributed by atoms with van der Waals surface area (Å²) in [4.78, 5) is 4.50. The van der Waals surface area contributed by atoms with Gasteiger partial charge in [0.15, 0.2) is 0 Å². The molecule has 2 aromatic rings. The highest BCUT2D eigenvalue weighted by molar-refractivity contribution is 6.33. The van der Waals surface area contributed by atoms with Gasteiger partial charge in [-0.25, -0.2) is 4.98 Å². The van der Waals surface area contributed by atoms with Crippen LogP contribution in [-0.2, 0) is 19.4 Å². The Labute approximate surface area is 166 Å². The Kier molecular flexibility index (Phi) is 6.15. The maximum Gasteiger partial charge on any atom is 0.213 e. The highest BCUT2D eigenvalue weighted by Crippen LogP contribution is 2.31. The van der Waals surface area contributed by atoms with Gasteiger partial charge in [-0.05, 0) is 74.4 Å². The quantitative estimate of drug-likeness (QED) is 0.779. The molecule has 4 rings (SSSR count). The van der Waals surface area contributed by atoms with Crippen molar-refractivity contribution in [3.05, 3.63) is 52.2 Å². The monoisotopic (exact) mass is 385 g/mol. The first-order valence-corrected chi connectivity index (χ1v) is 10.5. The predicted molar refractivity (Wildman–Crippen MR) is 111 cm³/mol. The lowest BCUT2D eigenvalue weighted by atomic mass is 9.98. The average molecular weight is 386 g/mol. The summed E-state index contributed by atoms with van der Waals surface area (Å²) in [6.07, 6.45) is 10.5. The van der Waals surface area contributed by atoms with Crippen LogP contribution < -0.4 is 15.4 Å². The van der Waals surface area contributed by atoms with Crippen LogP contribution >= 0.6 is 11.6 Å². The molecular weight excluding hydrogens is 358 g/mol. The Morgan fingerprint density at radius 1 is 1.07 bits per heavy atom. The number of rotatable bonds is 5. The lowest BCUT2D eigenvalue weighted by Crippen LogP contribution is -2.20. The second kappa shape index (κ2) is 8.94. The van der Waals surface area contributed by atoms with Crippen LogP contribution in [0.1, 0.15) is 48.8 Å². The van der Waals surface area contributed by atoms with E-state index in [9.17, 15) is 0 Å². The Morgan fingerprint density at radius 2 is 1.93 bits per heavy atom. The highest BCUT2D eigenvalue weighted by Gasteiger charge is 2.16. The number of hydrogen-bond acceptors (Lipinski definition) is 4. The van der Waals surface area contributed by atoms with Crippen molar-refractivity contribution in [2.45, 2.75) is 57.6 Å². The molecule has 1 aliphatic carbocycles. The van der Waals surface area contributed by atoms with Crippen LogP contribution in [0.25, 0.3) is 0 Å². The minimum absolute atomic E-state index is 0.336. The number of pyridine rings is 1. The van der Waals surface area contributed by atoms with E-state index in [4.69, 9.17) is 16.3 Å². The number of anilines is 1. The summed E-state index contributed by atoms with van der Waals surface area (Å²) >= 11 is 6.50. The van der Waals surface area contributed by atoms with Crippen molar-refractivity contribution in [1.82, 2.24) is 10.3 Å². The average Bonchev–Trinajstić information content (AvgIpc) is 2.95. The fourth-order valence-electron chi connectivity index (χ4n) is 4.06. The number of benzene rings is 1. The highest BCUT2D eigenvalue weighted by atomic mass is 35.5.